The molecule has 4 nitrogen and oxygen atoms in total. The van der Waals surface area contributed by atoms with Gasteiger partial charge in [-0.2, -0.15) is 0 Å². The van der Waals surface area contributed by atoms with Crippen LogP contribution in [0.5, 0.6) is 0 Å². The fourth-order valence-electron chi connectivity index (χ4n) is 7.02. The van der Waals surface area contributed by atoms with Gasteiger partial charge in [0.2, 0.25) is 0 Å². The van der Waals surface area contributed by atoms with E-state index in [0.29, 0.717) is 22.5 Å². The van der Waals surface area contributed by atoms with E-state index in [0.717, 1.165) is 55.2 Å². The van der Waals surface area contributed by atoms with Crippen LogP contribution in [0.3, 0.4) is 0 Å². The van der Waals surface area contributed by atoms with E-state index in [9.17, 15) is 9.59 Å². The SMILES string of the molecule is O=C1c2ccccc2-c2c3c(nc4ccccc24)C2C(=O)c4ccccc4-c4c2c(nc2ccccc42)C13. The number of carbonyl (C=O) groups is 2. The number of hydrogen-bond acceptors (Lipinski definition) is 4. The first-order chi connectivity index (χ1) is 18.7. The highest BCUT2D eigenvalue weighted by Crippen LogP contribution is 2.57. The van der Waals surface area contributed by atoms with Gasteiger partial charge in [0, 0.05) is 33.0 Å². The van der Waals surface area contributed by atoms with Gasteiger partial charge in [0.15, 0.2) is 11.6 Å². The van der Waals surface area contributed by atoms with Gasteiger partial charge in [-0.15, -0.1) is 0 Å². The zero-order valence-electron chi connectivity index (χ0n) is 20.1. The molecule has 6 aromatic rings. The summed E-state index contributed by atoms with van der Waals surface area (Å²) in [5.74, 6) is -1.19. The van der Waals surface area contributed by atoms with Gasteiger partial charge in [0.25, 0.3) is 0 Å². The Morgan fingerprint density at radius 1 is 0.447 bits per heavy atom. The lowest BCUT2D eigenvalue weighted by Crippen LogP contribution is -2.35. The molecule has 2 atom stereocenters. The van der Waals surface area contributed by atoms with Gasteiger partial charge in [-0.05, 0) is 34.4 Å². The highest BCUT2D eigenvalue weighted by molar-refractivity contribution is 6.21. The molecule has 0 spiro atoms. The maximum Gasteiger partial charge on any atom is 0.177 e. The molecule has 4 heteroatoms. The molecule has 0 amide bonds. The number of carbonyl (C=O) groups excluding carboxylic acids is 2. The van der Waals surface area contributed by atoms with E-state index >= 15 is 0 Å². The van der Waals surface area contributed by atoms with E-state index < -0.39 is 11.8 Å². The molecule has 3 aliphatic rings. The Labute approximate surface area is 217 Å². The Kier molecular flexibility index (Phi) is 3.64. The lowest BCUT2D eigenvalue weighted by atomic mass is 9.63. The summed E-state index contributed by atoms with van der Waals surface area (Å²) in [5.41, 5.74) is 9.90. The number of Topliss-reactive ketones (excluding diaryl/α,β-unsaturated/α-hetero) is 2. The van der Waals surface area contributed by atoms with Crippen molar-refractivity contribution in [2.75, 3.05) is 0 Å². The topological polar surface area (TPSA) is 59.9 Å². The monoisotopic (exact) mass is 486 g/mol. The third kappa shape index (κ3) is 2.27. The quantitative estimate of drug-likeness (QED) is 0.230. The summed E-state index contributed by atoms with van der Waals surface area (Å²) in [7, 11) is 0. The zero-order valence-corrected chi connectivity index (χ0v) is 20.1. The van der Waals surface area contributed by atoms with Crippen LogP contribution in [0.2, 0.25) is 0 Å². The minimum atomic E-state index is -0.611. The van der Waals surface area contributed by atoms with E-state index in [1.807, 2.05) is 84.9 Å². The largest absolute Gasteiger partial charge is 0.293 e. The molecule has 4 aromatic carbocycles. The van der Waals surface area contributed by atoms with Gasteiger partial charge in [-0.25, -0.2) is 0 Å². The van der Waals surface area contributed by atoms with E-state index in [-0.39, 0.29) is 11.6 Å². The van der Waals surface area contributed by atoms with Crippen molar-refractivity contribution in [3.05, 3.63) is 131 Å². The average Bonchev–Trinajstić information content (AvgIpc) is 2.97. The molecule has 0 radical (unpaired) electrons. The minimum Gasteiger partial charge on any atom is -0.293 e. The van der Waals surface area contributed by atoms with Crippen LogP contribution >= 0.6 is 0 Å². The van der Waals surface area contributed by atoms with Crippen LogP contribution in [0.25, 0.3) is 44.1 Å². The van der Waals surface area contributed by atoms with Crippen molar-refractivity contribution in [3.8, 4) is 22.3 Å². The normalized spacial score (nSPS) is 18.1. The second-order valence-corrected chi connectivity index (χ2v) is 10.3. The molecule has 0 fully saturated rings. The average molecular weight is 487 g/mol. The lowest BCUT2D eigenvalue weighted by Gasteiger charge is -2.39. The van der Waals surface area contributed by atoms with E-state index in [2.05, 4.69) is 12.1 Å². The highest BCUT2D eigenvalue weighted by Gasteiger charge is 2.49. The zero-order chi connectivity index (χ0) is 25.1. The second kappa shape index (κ2) is 6.87. The molecule has 0 N–H and O–H groups in total. The van der Waals surface area contributed by atoms with Crippen LogP contribution in [0.15, 0.2) is 97.1 Å². The highest BCUT2D eigenvalue weighted by atomic mass is 16.1. The summed E-state index contributed by atoms with van der Waals surface area (Å²) < 4.78 is 0. The summed E-state index contributed by atoms with van der Waals surface area (Å²) in [6.07, 6.45) is 0. The molecule has 0 saturated carbocycles. The maximum absolute atomic E-state index is 14.3. The van der Waals surface area contributed by atoms with Crippen LogP contribution in [-0.4, -0.2) is 21.5 Å². The lowest BCUT2D eigenvalue weighted by molar-refractivity contribution is 0.0944. The van der Waals surface area contributed by atoms with Crippen molar-refractivity contribution in [1.82, 2.24) is 9.97 Å². The predicted octanol–water partition coefficient (Wildman–Crippen LogP) is 7.09. The van der Waals surface area contributed by atoms with Crippen LogP contribution < -0.4 is 0 Å². The van der Waals surface area contributed by atoms with Crippen molar-refractivity contribution in [2.45, 2.75) is 11.8 Å². The molecular weight excluding hydrogens is 468 g/mol. The predicted molar refractivity (Wildman–Crippen MR) is 147 cm³/mol. The molecule has 3 aliphatic carbocycles. The van der Waals surface area contributed by atoms with Crippen molar-refractivity contribution in [3.63, 3.8) is 0 Å². The van der Waals surface area contributed by atoms with Gasteiger partial charge < -0.3 is 0 Å². The summed E-state index contributed by atoms with van der Waals surface area (Å²) in [5, 5.41) is 1.98. The first-order valence-corrected chi connectivity index (χ1v) is 12.8. The minimum absolute atomic E-state index is 0.0150. The number of hydrogen-bond donors (Lipinski definition) is 0. The Balaban J connectivity index is 1.54. The van der Waals surface area contributed by atoms with Crippen LogP contribution in [0, 0.1) is 0 Å². The number of aromatic nitrogens is 2. The van der Waals surface area contributed by atoms with Crippen LogP contribution in [0.4, 0.5) is 0 Å². The van der Waals surface area contributed by atoms with Crippen LogP contribution in [-0.2, 0) is 0 Å². The standard InChI is InChI=1S/C34H18N2O2/c37-33-19-11-3-1-9-17(19)25-21-13-5-7-15-23(21)35-31-27(25)29(33)32-28-26(22-14-6-8-16-24(22)36-32)18-10-2-4-12-20(18)34(38)30(28)31/h1-16,29-30H. The van der Waals surface area contributed by atoms with Gasteiger partial charge in [0.1, 0.15) is 0 Å². The Hall–Kier alpha value is -4.96. The first-order valence-electron chi connectivity index (χ1n) is 12.8. The number of benzene rings is 4. The fourth-order valence-corrected chi connectivity index (χ4v) is 7.02. The summed E-state index contributed by atoms with van der Waals surface area (Å²) in [4.78, 5) is 38.9. The molecule has 38 heavy (non-hydrogen) atoms. The smallest absolute Gasteiger partial charge is 0.177 e. The van der Waals surface area contributed by atoms with Gasteiger partial charge in [0.05, 0.1) is 34.3 Å². The Bertz CT molecular complexity index is 1940. The number of pyridine rings is 2. The number of para-hydroxylation sites is 2. The number of ketones is 2. The molecule has 2 heterocycles. The van der Waals surface area contributed by atoms with Gasteiger partial charge in [-0.3, -0.25) is 19.6 Å². The molecule has 176 valence electrons. The summed E-state index contributed by atoms with van der Waals surface area (Å²) in [6, 6.07) is 31.7. The third-order valence-corrected chi connectivity index (χ3v) is 8.49. The maximum atomic E-state index is 14.3. The molecule has 0 bridgehead atoms. The van der Waals surface area contributed by atoms with E-state index in [4.69, 9.17) is 9.97 Å². The van der Waals surface area contributed by atoms with E-state index in [1.54, 1.807) is 0 Å². The molecular formula is C34H18N2O2. The van der Waals surface area contributed by atoms with Crippen LogP contribution in [0.1, 0.15) is 55.1 Å². The van der Waals surface area contributed by atoms with Crippen molar-refractivity contribution in [1.29, 1.82) is 0 Å². The Morgan fingerprint density at radius 3 is 1.26 bits per heavy atom. The Morgan fingerprint density at radius 2 is 0.816 bits per heavy atom. The third-order valence-electron chi connectivity index (χ3n) is 8.49. The molecule has 2 unspecified atom stereocenters. The number of rotatable bonds is 0. The number of nitrogens with zero attached hydrogens (tertiary/aromatic N) is 2. The molecule has 0 aliphatic heterocycles. The van der Waals surface area contributed by atoms with E-state index in [1.165, 1.54) is 0 Å². The van der Waals surface area contributed by atoms with Gasteiger partial charge >= 0.3 is 0 Å². The van der Waals surface area contributed by atoms with Crippen molar-refractivity contribution in [2.24, 2.45) is 0 Å². The second-order valence-electron chi connectivity index (χ2n) is 10.3. The molecule has 2 aromatic heterocycles. The number of fused-ring (bicyclic) bond motifs is 10. The van der Waals surface area contributed by atoms with Crippen molar-refractivity contribution >= 4 is 33.4 Å². The van der Waals surface area contributed by atoms with Crippen molar-refractivity contribution < 1.29 is 9.59 Å². The van der Waals surface area contributed by atoms with Gasteiger partial charge in [-0.1, -0.05) is 84.9 Å². The molecule has 9 rings (SSSR count). The first kappa shape index (κ1) is 20.1. The summed E-state index contributed by atoms with van der Waals surface area (Å²) in [6.45, 7) is 0. The fraction of sp³-hybridized carbons (Fsp3) is 0.0588. The molecule has 0 saturated heterocycles. The summed E-state index contributed by atoms with van der Waals surface area (Å²) >= 11 is 0.